The molecule has 0 amide bonds. The van der Waals surface area contributed by atoms with E-state index in [-0.39, 0.29) is 5.76 Å². The number of aliphatic hydroxyl groups is 1. The Morgan fingerprint density at radius 2 is 2.08 bits per heavy atom. The zero-order valence-corrected chi connectivity index (χ0v) is 8.30. The van der Waals surface area contributed by atoms with Gasteiger partial charge in [-0.1, -0.05) is 24.8 Å². The average molecular weight is 176 g/mol. The van der Waals surface area contributed by atoms with Crippen molar-refractivity contribution in [3.8, 4) is 0 Å². The first-order chi connectivity index (χ1) is 6.11. The van der Waals surface area contributed by atoms with E-state index < -0.39 is 0 Å². The summed E-state index contributed by atoms with van der Waals surface area (Å²) in [5.74, 6) is 0.265. The molecule has 70 valence electrons. The van der Waals surface area contributed by atoms with Crippen LogP contribution in [0.1, 0.15) is 23.1 Å². The first-order valence-corrected chi connectivity index (χ1v) is 4.53. The van der Waals surface area contributed by atoms with Gasteiger partial charge in [0.2, 0.25) is 0 Å². The molecule has 1 N–H and O–H groups in total. The lowest BCUT2D eigenvalue weighted by Crippen LogP contribution is -1.93. The Kier molecular flexibility index (Phi) is 3.13. The number of aryl methyl sites for hydroxylation is 2. The minimum Gasteiger partial charge on any atom is -0.513 e. The van der Waals surface area contributed by atoms with Gasteiger partial charge in [-0.3, -0.25) is 0 Å². The third-order valence-electron chi connectivity index (χ3n) is 2.40. The number of aliphatic hydroxyl groups excluding tert-OH is 1. The molecular formula is C12H16O. The van der Waals surface area contributed by atoms with E-state index >= 15 is 0 Å². The molecule has 0 spiro atoms. The molecular weight excluding hydrogens is 160 g/mol. The highest BCUT2D eigenvalue weighted by Gasteiger charge is 2.00. The molecule has 0 radical (unpaired) electrons. The Labute approximate surface area is 79.7 Å². The van der Waals surface area contributed by atoms with Crippen LogP contribution in [0.15, 0.2) is 30.5 Å². The maximum absolute atomic E-state index is 8.98. The van der Waals surface area contributed by atoms with Crippen LogP contribution in [0.5, 0.6) is 0 Å². The molecule has 1 aromatic rings. The summed E-state index contributed by atoms with van der Waals surface area (Å²) in [6.07, 6.45) is 1.53. The van der Waals surface area contributed by atoms with Gasteiger partial charge in [-0.25, -0.2) is 0 Å². The molecule has 0 saturated carbocycles. The molecule has 13 heavy (non-hydrogen) atoms. The van der Waals surface area contributed by atoms with Gasteiger partial charge in [0.1, 0.15) is 0 Å². The van der Waals surface area contributed by atoms with Crippen LogP contribution in [0.4, 0.5) is 0 Å². The van der Waals surface area contributed by atoms with Crippen molar-refractivity contribution in [1.29, 1.82) is 0 Å². The van der Waals surface area contributed by atoms with Crippen molar-refractivity contribution >= 4 is 0 Å². The van der Waals surface area contributed by atoms with Crippen LogP contribution >= 0.6 is 0 Å². The number of hydrogen-bond donors (Lipinski definition) is 1. The molecule has 1 heteroatoms. The molecule has 0 atom stereocenters. The van der Waals surface area contributed by atoms with Gasteiger partial charge in [0.05, 0.1) is 5.76 Å². The van der Waals surface area contributed by atoms with Gasteiger partial charge in [-0.15, -0.1) is 0 Å². The summed E-state index contributed by atoms with van der Waals surface area (Å²) >= 11 is 0. The summed E-state index contributed by atoms with van der Waals surface area (Å²) in [4.78, 5) is 0. The smallest absolute Gasteiger partial charge is 0.0854 e. The Hall–Kier alpha value is -1.24. The second-order valence-corrected chi connectivity index (χ2v) is 3.43. The van der Waals surface area contributed by atoms with Gasteiger partial charge in [0, 0.05) is 6.42 Å². The Morgan fingerprint density at radius 1 is 1.38 bits per heavy atom. The number of allylic oxidation sites excluding steroid dienone is 1. The molecule has 1 rings (SSSR count). The van der Waals surface area contributed by atoms with E-state index in [4.69, 9.17) is 5.11 Å². The molecule has 0 aliphatic carbocycles. The normalized spacial score (nSPS) is 10.0. The highest BCUT2D eigenvalue weighted by Crippen LogP contribution is 2.15. The number of rotatable bonds is 3. The Morgan fingerprint density at radius 3 is 2.69 bits per heavy atom. The fourth-order valence-electron chi connectivity index (χ4n) is 1.36. The summed E-state index contributed by atoms with van der Waals surface area (Å²) in [7, 11) is 0. The van der Waals surface area contributed by atoms with E-state index in [0.717, 1.165) is 6.42 Å². The fraction of sp³-hybridized carbons (Fsp3) is 0.333. The van der Waals surface area contributed by atoms with Gasteiger partial charge >= 0.3 is 0 Å². The first-order valence-electron chi connectivity index (χ1n) is 4.53. The predicted octanol–water partition coefficient (Wildman–Crippen LogP) is 3.31. The number of hydrogen-bond acceptors (Lipinski definition) is 1. The Balaban J connectivity index is 2.77. The highest BCUT2D eigenvalue weighted by atomic mass is 16.3. The molecule has 0 saturated heterocycles. The third-order valence-corrected chi connectivity index (χ3v) is 2.40. The molecule has 0 aliphatic heterocycles. The highest BCUT2D eigenvalue weighted by molar-refractivity contribution is 5.33. The molecule has 1 nitrogen and oxygen atoms in total. The van der Waals surface area contributed by atoms with Crippen molar-refractivity contribution in [3.63, 3.8) is 0 Å². The van der Waals surface area contributed by atoms with Crippen LogP contribution in [-0.4, -0.2) is 5.11 Å². The van der Waals surface area contributed by atoms with Gasteiger partial charge in [0.25, 0.3) is 0 Å². The summed E-state index contributed by atoms with van der Waals surface area (Å²) in [5, 5.41) is 8.98. The van der Waals surface area contributed by atoms with Crippen LogP contribution in [0.2, 0.25) is 0 Å². The lowest BCUT2D eigenvalue weighted by Gasteiger charge is -2.07. The van der Waals surface area contributed by atoms with Crippen LogP contribution in [0, 0.1) is 13.8 Å². The molecule has 0 bridgehead atoms. The second kappa shape index (κ2) is 4.13. The third kappa shape index (κ3) is 2.62. The molecule has 0 aromatic heterocycles. The largest absolute Gasteiger partial charge is 0.513 e. The molecule has 0 heterocycles. The summed E-state index contributed by atoms with van der Waals surface area (Å²) < 4.78 is 0. The quantitative estimate of drug-likeness (QED) is 0.700. The summed E-state index contributed by atoms with van der Waals surface area (Å²) in [6.45, 7) is 7.70. The van der Waals surface area contributed by atoms with Crippen molar-refractivity contribution in [2.45, 2.75) is 26.7 Å². The van der Waals surface area contributed by atoms with E-state index in [1.54, 1.807) is 0 Å². The van der Waals surface area contributed by atoms with Crippen molar-refractivity contribution in [2.24, 2.45) is 0 Å². The first kappa shape index (κ1) is 9.85. The molecule has 0 aliphatic rings. The van der Waals surface area contributed by atoms with Crippen molar-refractivity contribution < 1.29 is 5.11 Å². The van der Waals surface area contributed by atoms with Crippen LogP contribution in [0.25, 0.3) is 0 Å². The Bertz CT molecular complexity index is 313. The minimum atomic E-state index is 0.265. The fourth-order valence-corrected chi connectivity index (χ4v) is 1.36. The monoisotopic (exact) mass is 176 g/mol. The number of benzene rings is 1. The van der Waals surface area contributed by atoms with Crippen molar-refractivity contribution in [1.82, 2.24) is 0 Å². The van der Waals surface area contributed by atoms with Crippen LogP contribution in [-0.2, 0) is 6.42 Å². The zero-order valence-electron chi connectivity index (χ0n) is 8.30. The van der Waals surface area contributed by atoms with Gasteiger partial charge in [-0.05, 0) is 37.0 Å². The summed E-state index contributed by atoms with van der Waals surface area (Å²) in [6, 6.07) is 6.26. The van der Waals surface area contributed by atoms with Crippen molar-refractivity contribution in [3.05, 3.63) is 47.2 Å². The van der Waals surface area contributed by atoms with E-state index in [2.05, 4.69) is 38.6 Å². The average Bonchev–Trinajstić information content (AvgIpc) is 2.07. The van der Waals surface area contributed by atoms with E-state index in [1.807, 2.05) is 0 Å². The van der Waals surface area contributed by atoms with Gasteiger partial charge < -0.3 is 5.11 Å². The molecule has 0 fully saturated rings. The zero-order chi connectivity index (χ0) is 9.84. The van der Waals surface area contributed by atoms with E-state index in [1.165, 1.54) is 16.7 Å². The van der Waals surface area contributed by atoms with Crippen LogP contribution in [0.3, 0.4) is 0 Å². The van der Waals surface area contributed by atoms with E-state index in [0.29, 0.717) is 6.42 Å². The lowest BCUT2D eigenvalue weighted by molar-refractivity contribution is 0.391. The standard InChI is InChI=1S/C12H16O/c1-9-5-4-6-12(11(9)3)8-7-10(2)13/h4-6,13H,2,7-8H2,1,3H3. The van der Waals surface area contributed by atoms with E-state index in [9.17, 15) is 0 Å². The lowest BCUT2D eigenvalue weighted by atomic mass is 9.99. The molecule has 1 aromatic carbocycles. The maximum atomic E-state index is 8.98. The van der Waals surface area contributed by atoms with Crippen molar-refractivity contribution in [2.75, 3.05) is 0 Å². The maximum Gasteiger partial charge on any atom is 0.0854 e. The SMILES string of the molecule is C=C(O)CCc1cccc(C)c1C. The minimum absolute atomic E-state index is 0.265. The second-order valence-electron chi connectivity index (χ2n) is 3.43. The predicted molar refractivity (Wildman–Crippen MR) is 56.0 cm³/mol. The summed E-state index contributed by atoms with van der Waals surface area (Å²) in [5.41, 5.74) is 3.93. The van der Waals surface area contributed by atoms with Crippen LogP contribution < -0.4 is 0 Å². The molecule has 0 unspecified atom stereocenters. The topological polar surface area (TPSA) is 20.2 Å². The van der Waals surface area contributed by atoms with Gasteiger partial charge in [-0.2, -0.15) is 0 Å². The van der Waals surface area contributed by atoms with Gasteiger partial charge in [0.15, 0.2) is 0 Å².